The summed E-state index contributed by atoms with van der Waals surface area (Å²) in [6.45, 7) is 4.13. The highest BCUT2D eigenvalue weighted by atomic mass is 16.6. The van der Waals surface area contributed by atoms with Gasteiger partial charge in [0.2, 0.25) is 0 Å². The second kappa shape index (κ2) is 3.52. The molecule has 11 heavy (non-hydrogen) atoms. The standard InChI is InChI=1S/C8H16O3/c1-5-6(2)11-7(4-9)8(5)10-3/h5-9H,4H2,1-3H3/t5-,6+,7-,8?/m1/s1. The zero-order chi connectivity index (χ0) is 8.43. The Hall–Kier alpha value is -0.120. The van der Waals surface area contributed by atoms with Gasteiger partial charge in [0.05, 0.1) is 18.8 Å². The van der Waals surface area contributed by atoms with Gasteiger partial charge in [-0.25, -0.2) is 0 Å². The third kappa shape index (κ3) is 1.55. The van der Waals surface area contributed by atoms with Gasteiger partial charge in [-0.1, -0.05) is 6.92 Å². The van der Waals surface area contributed by atoms with Crippen molar-refractivity contribution >= 4 is 0 Å². The number of methoxy groups -OCH3 is 1. The second-order valence-electron chi connectivity index (χ2n) is 3.12. The van der Waals surface area contributed by atoms with Crippen molar-refractivity contribution in [2.24, 2.45) is 5.92 Å². The Morgan fingerprint density at radius 2 is 2.09 bits per heavy atom. The molecule has 1 aliphatic heterocycles. The molecule has 0 aliphatic carbocycles. The smallest absolute Gasteiger partial charge is 0.107 e. The highest BCUT2D eigenvalue weighted by Gasteiger charge is 2.39. The van der Waals surface area contributed by atoms with E-state index in [9.17, 15) is 0 Å². The summed E-state index contributed by atoms with van der Waals surface area (Å²) in [4.78, 5) is 0. The second-order valence-corrected chi connectivity index (χ2v) is 3.12. The quantitative estimate of drug-likeness (QED) is 0.636. The van der Waals surface area contributed by atoms with E-state index in [2.05, 4.69) is 6.92 Å². The van der Waals surface area contributed by atoms with Gasteiger partial charge < -0.3 is 14.6 Å². The molecule has 1 heterocycles. The highest BCUT2D eigenvalue weighted by molar-refractivity contribution is 4.86. The van der Waals surface area contributed by atoms with E-state index in [4.69, 9.17) is 14.6 Å². The molecule has 4 atom stereocenters. The van der Waals surface area contributed by atoms with Crippen molar-refractivity contribution in [1.29, 1.82) is 0 Å². The van der Waals surface area contributed by atoms with Crippen molar-refractivity contribution in [1.82, 2.24) is 0 Å². The molecule has 0 radical (unpaired) electrons. The largest absolute Gasteiger partial charge is 0.394 e. The molecule has 0 amide bonds. The first-order valence-electron chi connectivity index (χ1n) is 3.99. The minimum Gasteiger partial charge on any atom is -0.394 e. The van der Waals surface area contributed by atoms with Crippen LogP contribution in [0.5, 0.6) is 0 Å². The molecule has 3 nitrogen and oxygen atoms in total. The van der Waals surface area contributed by atoms with Gasteiger partial charge in [-0.2, -0.15) is 0 Å². The summed E-state index contributed by atoms with van der Waals surface area (Å²) in [5.74, 6) is 0.372. The lowest BCUT2D eigenvalue weighted by Gasteiger charge is -2.16. The molecular weight excluding hydrogens is 144 g/mol. The van der Waals surface area contributed by atoms with E-state index < -0.39 is 0 Å². The van der Waals surface area contributed by atoms with Gasteiger partial charge in [-0.05, 0) is 6.92 Å². The van der Waals surface area contributed by atoms with E-state index in [1.165, 1.54) is 0 Å². The van der Waals surface area contributed by atoms with Crippen LogP contribution >= 0.6 is 0 Å². The molecule has 1 saturated heterocycles. The Labute approximate surface area is 67.3 Å². The van der Waals surface area contributed by atoms with E-state index in [-0.39, 0.29) is 24.9 Å². The molecule has 1 unspecified atom stereocenters. The van der Waals surface area contributed by atoms with Crippen LogP contribution in [0, 0.1) is 5.92 Å². The van der Waals surface area contributed by atoms with Crippen molar-refractivity contribution in [2.75, 3.05) is 13.7 Å². The molecule has 0 aromatic carbocycles. The lowest BCUT2D eigenvalue weighted by molar-refractivity contribution is -0.0309. The Balaban J connectivity index is 2.57. The fraction of sp³-hybridized carbons (Fsp3) is 1.00. The van der Waals surface area contributed by atoms with Gasteiger partial charge in [0.25, 0.3) is 0 Å². The molecule has 0 saturated carbocycles. The summed E-state index contributed by atoms with van der Waals surface area (Å²) in [6.07, 6.45) is 0.108. The van der Waals surface area contributed by atoms with E-state index >= 15 is 0 Å². The van der Waals surface area contributed by atoms with Gasteiger partial charge in [0, 0.05) is 13.0 Å². The van der Waals surface area contributed by atoms with Crippen LogP contribution in [0.1, 0.15) is 13.8 Å². The topological polar surface area (TPSA) is 38.7 Å². The molecule has 1 rings (SSSR count). The highest BCUT2D eigenvalue weighted by Crippen LogP contribution is 2.27. The monoisotopic (exact) mass is 160 g/mol. The average Bonchev–Trinajstić information content (AvgIpc) is 2.28. The van der Waals surface area contributed by atoms with Gasteiger partial charge in [0.15, 0.2) is 0 Å². The Kier molecular flexibility index (Phi) is 2.87. The number of rotatable bonds is 2. The molecule has 0 aromatic heterocycles. The van der Waals surface area contributed by atoms with E-state index in [0.29, 0.717) is 5.92 Å². The van der Waals surface area contributed by atoms with Crippen LogP contribution in [0.2, 0.25) is 0 Å². The van der Waals surface area contributed by atoms with Crippen molar-refractivity contribution in [2.45, 2.75) is 32.2 Å². The van der Waals surface area contributed by atoms with Crippen LogP contribution in [0.15, 0.2) is 0 Å². The van der Waals surface area contributed by atoms with Gasteiger partial charge in [-0.3, -0.25) is 0 Å². The molecule has 1 N–H and O–H groups in total. The number of hydrogen-bond donors (Lipinski definition) is 1. The maximum atomic E-state index is 8.90. The predicted molar refractivity (Wildman–Crippen MR) is 41.4 cm³/mol. The molecule has 66 valence electrons. The Morgan fingerprint density at radius 3 is 2.45 bits per heavy atom. The van der Waals surface area contributed by atoms with E-state index in [1.54, 1.807) is 7.11 Å². The number of hydrogen-bond acceptors (Lipinski definition) is 3. The lowest BCUT2D eigenvalue weighted by atomic mass is 9.99. The van der Waals surface area contributed by atoms with E-state index in [1.807, 2.05) is 6.92 Å². The third-order valence-corrected chi connectivity index (χ3v) is 2.47. The van der Waals surface area contributed by atoms with Gasteiger partial charge in [0.1, 0.15) is 6.10 Å². The molecule has 0 aromatic rings. The molecule has 0 spiro atoms. The van der Waals surface area contributed by atoms with Crippen molar-refractivity contribution in [3.63, 3.8) is 0 Å². The van der Waals surface area contributed by atoms with Crippen molar-refractivity contribution in [3.05, 3.63) is 0 Å². The molecule has 3 heteroatoms. The maximum Gasteiger partial charge on any atom is 0.107 e. The number of aliphatic hydroxyl groups is 1. The summed E-state index contributed by atoms with van der Waals surface area (Å²) >= 11 is 0. The zero-order valence-corrected chi connectivity index (χ0v) is 7.28. The van der Waals surface area contributed by atoms with Crippen LogP contribution in [0.25, 0.3) is 0 Å². The fourth-order valence-corrected chi connectivity index (χ4v) is 1.60. The van der Waals surface area contributed by atoms with Gasteiger partial charge >= 0.3 is 0 Å². The molecular formula is C8H16O3. The van der Waals surface area contributed by atoms with Crippen LogP contribution in [-0.4, -0.2) is 37.1 Å². The Bertz CT molecular complexity index is 127. The number of aliphatic hydroxyl groups excluding tert-OH is 1. The molecule has 1 fully saturated rings. The van der Waals surface area contributed by atoms with Crippen LogP contribution in [0.4, 0.5) is 0 Å². The average molecular weight is 160 g/mol. The normalized spacial score (nSPS) is 44.7. The minimum atomic E-state index is -0.134. The SMILES string of the molecule is COC1[C@@H](CO)O[C@@H](C)[C@H]1C. The summed E-state index contributed by atoms with van der Waals surface area (Å²) in [6, 6.07) is 0. The third-order valence-electron chi connectivity index (χ3n) is 2.47. The van der Waals surface area contributed by atoms with Crippen molar-refractivity contribution in [3.8, 4) is 0 Å². The first-order valence-corrected chi connectivity index (χ1v) is 3.99. The van der Waals surface area contributed by atoms with Gasteiger partial charge in [-0.15, -0.1) is 0 Å². The first-order chi connectivity index (χ1) is 5.20. The summed E-state index contributed by atoms with van der Waals surface area (Å²) < 4.78 is 10.7. The summed E-state index contributed by atoms with van der Waals surface area (Å²) in [5.41, 5.74) is 0. The Morgan fingerprint density at radius 1 is 1.45 bits per heavy atom. The summed E-state index contributed by atoms with van der Waals surface area (Å²) in [5, 5.41) is 8.90. The number of ether oxygens (including phenoxy) is 2. The fourth-order valence-electron chi connectivity index (χ4n) is 1.60. The molecule has 1 aliphatic rings. The first kappa shape index (κ1) is 8.97. The summed E-state index contributed by atoms with van der Waals surface area (Å²) in [7, 11) is 1.66. The molecule has 0 bridgehead atoms. The zero-order valence-electron chi connectivity index (χ0n) is 7.28. The van der Waals surface area contributed by atoms with Crippen LogP contribution in [-0.2, 0) is 9.47 Å². The van der Waals surface area contributed by atoms with Crippen LogP contribution in [0.3, 0.4) is 0 Å². The van der Waals surface area contributed by atoms with E-state index in [0.717, 1.165) is 0 Å². The minimum absolute atomic E-state index is 0.0488. The van der Waals surface area contributed by atoms with Crippen LogP contribution < -0.4 is 0 Å². The lowest BCUT2D eigenvalue weighted by Crippen LogP contribution is -2.30. The maximum absolute atomic E-state index is 8.90. The van der Waals surface area contributed by atoms with Crippen molar-refractivity contribution < 1.29 is 14.6 Å². The predicted octanol–water partition coefficient (Wildman–Crippen LogP) is 0.417.